The Morgan fingerprint density at radius 1 is 0.923 bits per heavy atom. The highest BCUT2D eigenvalue weighted by Crippen LogP contribution is 2.41. The Morgan fingerprint density at radius 2 is 1.50 bits per heavy atom. The summed E-state index contributed by atoms with van der Waals surface area (Å²) in [6, 6.07) is 6.49. The lowest BCUT2D eigenvalue weighted by atomic mass is 9.74. The maximum Gasteiger partial charge on any atom is 0.194 e. The molecule has 3 rings (SSSR count). The van der Waals surface area contributed by atoms with E-state index in [2.05, 4.69) is 6.92 Å². The van der Waals surface area contributed by atoms with E-state index in [0.717, 1.165) is 36.8 Å². The molecule has 0 unspecified atom stereocenters. The van der Waals surface area contributed by atoms with Gasteiger partial charge in [0.15, 0.2) is 17.5 Å². The fourth-order valence-corrected chi connectivity index (χ4v) is 8.49. The van der Waals surface area contributed by atoms with Crippen LogP contribution in [0.1, 0.15) is 51.9 Å². The number of hydrogen-bond donors (Lipinski definition) is 0. The van der Waals surface area contributed by atoms with E-state index in [9.17, 15) is 13.2 Å². The van der Waals surface area contributed by atoms with Crippen molar-refractivity contribution in [3.8, 4) is 5.75 Å². The molecule has 0 spiro atoms. The van der Waals surface area contributed by atoms with Gasteiger partial charge in [-0.25, -0.2) is 13.2 Å². The predicted octanol–water partition coefficient (Wildman–Crippen LogP) is 6.34. The Morgan fingerprint density at radius 3 is 2.08 bits per heavy atom. The second-order valence-corrected chi connectivity index (χ2v) is 11.8. The van der Waals surface area contributed by atoms with Crippen LogP contribution in [0, 0.1) is 35.2 Å². The quantitative estimate of drug-likeness (QED) is 0.411. The van der Waals surface area contributed by atoms with Gasteiger partial charge in [-0.05, 0) is 43.4 Å². The van der Waals surface area contributed by atoms with Crippen molar-refractivity contribution < 1.29 is 17.9 Å². The summed E-state index contributed by atoms with van der Waals surface area (Å²) in [5.74, 6) is -1.50. The summed E-state index contributed by atoms with van der Waals surface area (Å²) in [5.41, 5.74) is 0. The van der Waals surface area contributed by atoms with Crippen molar-refractivity contribution in [2.75, 3.05) is 6.61 Å². The molecule has 146 valence electrons. The maximum absolute atomic E-state index is 13.2. The average molecular weight is 385 g/mol. The lowest BCUT2D eigenvalue weighted by Crippen LogP contribution is -2.29. The normalized spacial score (nSPS) is 29.5. The Balaban J connectivity index is 1.40. The van der Waals surface area contributed by atoms with Gasteiger partial charge in [-0.1, -0.05) is 44.3 Å². The number of hydrogen-bond acceptors (Lipinski definition) is 1. The zero-order valence-electron chi connectivity index (χ0n) is 15.8. The van der Waals surface area contributed by atoms with Crippen LogP contribution in [-0.4, -0.2) is 15.4 Å². The lowest BCUT2D eigenvalue weighted by molar-refractivity contribution is 0.147. The molecule has 0 bridgehead atoms. The van der Waals surface area contributed by atoms with Crippen molar-refractivity contribution >= 4 is 8.80 Å². The Labute approximate surface area is 156 Å². The van der Waals surface area contributed by atoms with Gasteiger partial charge in [0.25, 0.3) is 0 Å². The molecule has 1 heterocycles. The smallest absolute Gasteiger partial charge is 0.194 e. The zero-order chi connectivity index (χ0) is 18.5. The molecule has 5 heteroatoms. The number of halogens is 3. The molecule has 0 amide bonds. The molecule has 1 nitrogen and oxygen atoms in total. The first-order valence-corrected chi connectivity index (χ1v) is 12.8. The minimum absolute atomic E-state index is 0.0859. The molecule has 0 atom stereocenters. The molecule has 2 fully saturated rings. The van der Waals surface area contributed by atoms with Gasteiger partial charge in [0, 0.05) is 20.9 Å². The minimum atomic E-state index is -1.44. The Kier molecular flexibility index (Phi) is 7.07. The molecular weight excluding hydrogens is 353 g/mol. The van der Waals surface area contributed by atoms with E-state index in [4.69, 9.17) is 4.74 Å². The SMILES string of the molecule is CCC[Si@H]1CC[C@H]([C@H]2CC[C@H](COc3cc(F)c(F)c(F)c3)CC2)CC1. The van der Waals surface area contributed by atoms with Gasteiger partial charge in [-0.2, -0.15) is 0 Å². The van der Waals surface area contributed by atoms with Gasteiger partial charge in [0.1, 0.15) is 5.75 Å². The van der Waals surface area contributed by atoms with Crippen molar-refractivity contribution in [2.24, 2.45) is 17.8 Å². The van der Waals surface area contributed by atoms with E-state index in [1.54, 1.807) is 12.1 Å². The molecule has 1 aromatic rings. The highest BCUT2D eigenvalue weighted by molar-refractivity contribution is 6.58. The molecule has 0 N–H and O–H groups in total. The summed E-state index contributed by atoms with van der Waals surface area (Å²) >= 11 is 0. The molecule has 0 aromatic heterocycles. The van der Waals surface area contributed by atoms with Gasteiger partial charge < -0.3 is 4.74 Å². The number of benzene rings is 1. The van der Waals surface area contributed by atoms with Crippen molar-refractivity contribution in [2.45, 2.75) is 70.0 Å². The molecule has 0 radical (unpaired) electrons. The summed E-state index contributed by atoms with van der Waals surface area (Å²) < 4.78 is 45.0. The van der Waals surface area contributed by atoms with E-state index < -0.39 is 26.2 Å². The van der Waals surface area contributed by atoms with E-state index in [1.165, 1.54) is 38.1 Å². The third-order valence-electron chi connectivity index (χ3n) is 6.59. The van der Waals surface area contributed by atoms with Crippen LogP contribution >= 0.6 is 0 Å². The van der Waals surface area contributed by atoms with Crippen molar-refractivity contribution in [3.05, 3.63) is 29.6 Å². The summed E-state index contributed by atoms with van der Waals surface area (Å²) in [7, 11) is -0.398. The molecule has 1 aliphatic carbocycles. The van der Waals surface area contributed by atoms with Gasteiger partial charge in [0.2, 0.25) is 0 Å². The molecule has 1 saturated heterocycles. The van der Waals surface area contributed by atoms with Crippen molar-refractivity contribution in [1.82, 2.24) is 0 Å². The molecule has 2 aliphatic rings. The second-order valence-electron chi connectivity index (χ2n) is 8.36. The third kappa shape index (κ3) is 5.05. The van der Waals surface area contributed by atoms with Gasteiger partial charge >= 0.3 is 0 Å². The Bertz CT molecular complexity index is 556. The molecule has 26 heavy (non-hydrogen) atoms. The van der Waals surface area contributed by atoms with Gasteiger partial charge in [-0.3, -0.25) is 0 Å². The maximum atomic E-state index is 13.2. The molecule has 1 aromatic carbocycles. The number of rotatable bonds is 6. The van der Waals surface area contributed by atoms with Gasteiger partial charge in [-0.15, -0.1) is 0 Å². The standard InChI is InChI=1S/C21H31F3OSi/c1-2-9-26-10-7-17(8-11-26)16-5-3-15(4-6-16)14-25-18-12-19(22)21(24)20(23)13-18/h12-13,15-17,26H,2-11,14H2,1H3/t15-,16-,17-,26-. The van der Waals surface area contributed by atoms with Crippen LogP contribution < -0.4 is 4.74 Å². The van der Waals surface area contributed by atoms with Crippen LogP contribution in [0.15, 0.2) is 12.1 Å². The highest BCUT2D eigenvalue weighted by Gasteiger charge is 2.31. The van der Waals surface area contributed by atoms with E-state index in [0.29, 0.717) is 12.5 Å². The van der Waals surface area contributed by atoms with Gasteiger partial charge in [0.05, 0.1) is 6.61 Å². The van der Waals surface area contributed by atoms with E-state index in [-0.39, 0.29) is 5.75 Å². The van der Waals surface area contributed by atoms with Crippen molar-refractivity contribution in [3.63, 3.8) is 0 Å². The average Bonchev–Trinajstić information content (AvgIpc) is 2.66. The third-order valence-corrected chi connectivity index (χ3v) is 10.3. The van der Waals surface area contributed by atoms with Crippen LogP contribution in [0.2, 0.25) is 18.1 Å². The summed E-state index contributed by atoms with van der Waals surface area (Å²) in [5, 5.41) is 0. The van der Waals surface area contributed by atoms with E-state index in [1.807, 2.05) is 0 Å². The first-order valence-electron chi connectivity index (χ1n) is 10.3. The van der Waals surface area contributed by atoms with Crippen LogP contribution in [-0.2, 0) is 0 Å². The molecular formula is C21H31F3OSi. The molecule has 1 aliphatic heterocycles. The fraction of sp³-hybridized carbons (Fsp3) is 0.714. The lowest BCUT2D eigenvalue weighted by Gasteiger charge is -2.37. The largest absolute Gasteiger partial charge is 0.493 e. The first-order chi connectivity index (χ1) is 12.6. The van der Waals surface area contributed by atoms with Crippen LogP contribution in [0.5, 0.6) is 5.75 Å². The summed E-state index contributed by atoms with van der Waals surface area (Å²) in [6.07, 6.45) is 9.05. The summed E-state index contributed by atoms with van der Waals surface area (Å²) in [6.45, 7) is 2.78. The van der Waals surface area contributed by atoms with E-state index >= 15 is 0 Å². The fourth-order valence-electron chi connectivity index (χ4n) is 5.01. The topological polar surface area (TPSA) is 9.23 Å². The van der Waals surface area contributed by atoms with Crippen LogP contribution in [0.4, 0.5) is 13.2 Å². The Hall–Kier alpha value is -0.973. The van der Waals surface area contributed by atoms with Crippen molar-refractivity contribution in [1.29, 1.82) is 0 Å². The van der Waals surface area contributed by atoms with Crippen LogP contribution in [0.3, 0.4) is 0 Å². The zero-order valence-corrected chi connectivity index (χ0v) is 16.9. The number of ether oxygens (including phenoxy) is 1. The second kappa shape index (κ2) is 9.29. The predicted molar refractivity (Wildman–Crippen MR) is 102 cm³/mol. The monoisotopic (exact) mass is 384 g/mol. The van der Waals surface area contributed by atoms with Crippen LogP contribution in [0.25, 0.3) is 0 Å². The minimum Gasteiger partial charge on any atom is -0.493 e. The highest BCUT2D eigenvalue weighted by atomic mass is 28.3. The molecule has 1 saturated carbocycles. The summed E-state index contributed by atoms with van der Waals surface area (Å²) in [4.78, 5) is 0. The first kappa shape index (κ1) is 19.8.